The van der Waals surface area contributed by atoms with Gasteiger partial charge in [-0.2, -0.15) is 10.2 Å². The van der Waals surface area contributed by atoms with Crippen molar-refractivity contribution in [3.8, 4) is 11.5 Å². The molecule has 7 heteroatoms. The molecule has 1 heterocycles. The van der Waals surface area contributed by atoms with Crippen LogP contribution in [0.15, 0.2) is 29.4 Å². The lowest BCUT2D eigenvalue weighted by atomic mass is 10.2. The monoisotopic (exact) mass is 260 g/mol. The van der Waals surface area contributed by atoms with Gasteiger partial charge in [0.15, 0.2) is 5.69 Å². The van der Waals surface area contributed by atoms with Crippen molar-refractivity contribution in [1.82, 2.24) is 15.6 Å². The van der Waals surface area contributed by atoms with Crippen LogP contribution in [0.1, 0.15) is 21.7 Å². The van der Waals surface area contributed by atoms with Crippen molar-refractivity contribution >= 4 is 12.1 Å². The van der Waals surface area contributed by atoms with Gasteiger partial charge in [-0.05, 0) is 25.1 Å². The SMILES string of the molecule is Cc1cc(C(=O)N/N=C\c2ccc(O)cc2O)n[nH]1. The van der Waals surface area contributed by atoms with E-state index in [2.05, 4.69) is 20.7 Å². The smallest absolute Gasteiger partial charge is 0.291 e. The molecule has 0 saturated carbocycles. The van der Waals surface area contributed by atoms with Gasteiger partial charge in [-0.15, -0.1) is 0 Å². The highest BCUT2D eigenvalue weighted by Gasteiger charge is 2.07. The lowest BCUT2D eigenvalue weighted by molar-refractivity contribution is 0.0950. The number of hydrazone groups is 1. The fraction of sp³-hybridized carbons (Fsp3) is 0.0833. The molecule has 1 amide bonds. The fourth-order valence-corrected chi connectivity index (χ4v) is 1.39. The van der Waals surface area contributed by atoms with Crippen molar-refractivity contribution in [2.75, 3.05) is 0 Å². The zero-order chi connectivity index (χ0) is 13.8. The Kier molecular flexibility index (Phi) is 3.46. The molecule has 0 radical (unpaired) electrons. The summed E-state index contributed by atoms with van der Waals surface area (Å²) in [5.41, 5.74) is 3.64. The van der Waals surface area contributed by atoms with Gasteiger partial charge >= 0.3 is 0 Å². The molecule has 0 atom stereocenters. The van der Waals surface area contributed by atoms with E-state index >= 15 is 0 Å². The molecule has 19 heavy (non-hydrogen) atoms. The highest BCUT2D eigenvalue weighted by atomic mass is 16.3. The second-order valence-electron chi connectivity index (χ2n) is 3.88. The van der Waals surface area contributed by atoms with Crippen LogP contribution in [0.3, 0.4) is 0 Å². The topological polar surface area (TPSA) is 111 Å². The average Bonchev–Trinajstić information content (AvgIpc) is 2.78. The summed E-state index contributed by atoms with van der Waals surface area (Å²) in [7, 11) is 0. The lowest BCUT2D eigenvalue weighted by Crippen LogP contribution is -2.18. The summed E-state index contributed by atoms with van der Waals surface area (Å²) in [6.45, 7) is 1.78. The van der Waals surface area contributed by atoms with Gasteiger partial charge in [0, 0.05) is 17.3 Å². The number of rotatable bonds is 3. The number of phenolic OH excluding ortho intramolecular Hbond substituents is 2. The number of hydrogen-bond donors (Lipinski definition) is 4. The van der Waals surface area contributed by atoms with Gasteiger partial charge in [0.25, 0.3) is 5.91 Å². The van der Waals surface area contributed by atoms with E-state index in [-0.39, 0.29) is 17.2 Å². The predicted octanol–water partition coefficient (Wildman–Crippen LogP) is 0.893. The number of phenols is 2. The Bertz CT molecular complexity index is 634. The van der Waals surface area contributed by atoms with E-state index in [1.807, 2.05) is 0 Å². The second-order valence-corrected chi connectivity index (χ2v) is 3.88. The number of aryl methyl sites for hydroxylation is 1. The van der Waals surface area contributed by atoms with E-state index in [4.69, 9.17) is 5.11 Å². The Hall–Kier alpha value is -2.83. The number of hydrogen-bond acceptors (Lipinski definition) is 5. The largest absolute Gasteiger partial charge is 0.508 e. The lowest BCUT2D eigenvalue weighted by Gasteiger charge is -1.99. The Morgan fingerprint density at radius 3 is 2.84 bits per heavy atom. The molecule has 1 aromatic carbocycles. The number of nitrogens with one attached hydrogen (secondary N) is 2. The summed E-state index contributed by atoms with van der Waals surface area (Å²) < 4.78 is 0. The first-order valence-corrected chi connectivity index (χ1v) is 5.43. The predicted molar refractivity (Wildman–Crippen MR) is 68.2 cm³/mol. The minimum atomic E-state index is -0.459. The van der Waals surface area contributed by atoms with Crippen LogP contribution >= 0.6 is 0 Å². The summed E-state index contributed by atoms with van der Waals surface area (Å²) in [6, 6.07) is 5.64. The maximum atomic E-state index is 11.6. The maximum Gasteiger partial charge on any atom is 0.291 e. The van der Waals surface area contributed by atoms with Crippen LogP contribution in [0.2, 0.25) is 0 Å². The van der Waals surface area contributed by atoms with E-state index in [0.29, 0.717) is 5.56 Å². The zero-order valence-corrected chi connectivity index (χ0v) is 10.1. The van der Waals surface area contributed by atoms with Crippen LogP contribution in [0, 0.1) is 6.92 Å². The molecule has 0 aliphatic rings. The molecule has 0 spiro atoms. The molecular weight excluding hydrogens is 248 g/mol. The van der Waals surface area contributed by atoms with Gasteiger partial charge in [0.05, 0.1) is 6.21 Å². The van der Waals surface area contributed by atoms with E-state index in [0.717, 1.165) is 5.69 Å². The van der Waals surface area contributed by atoms with Gasteiger partial charge < -0.3 is 10.2 Å². The highest BCUT2D eigenvalue weighted by Crippen LogP contribution is 2.20. The van der Waals surface area contributed by atoms with Crippen molar-refractivity contribution in [3.63, 3.8) is 0 Å². The first kappa shape index (κ1) is 12.6. The Labute approximate surface area is 108 Å². The number of carbonyl (C=O) groups excluding carboxylic acids is 1. The van der Waals surface area contributed by atoms with Crippen LogP contribution in [-0.4, -0.2) is 32.5 Å². The fourth-order valence-electron chi connectivity index (χ4n) is 1.39. The van der Waals surface area contributed by atoms with Crippen molar-refractivity contribution in [2.45, 2.75) is 6.92 Å². The third-order valence-corrected chi connectivity index (χ3v) is 2.32. The number of carbonyl (C=O) groups is 1. The minimum absolute atomic E-state index is 0.0503. The molecule has 1 aromatic heterocycles. The van der Waals surface area contributed by atoms with E-state index in [9.17, 15) is 9.90 Å². The molecule has 7 nitrogen and oxygen atoms in total. The Balaban J connectivity index is 2.02. The van der Waals surface area contributed by atoms with Crippen molar-refractivity contribution in [2.24, 2.45) is 5.10 Å². The molecule has 98 valence electrons. The average molecular weight is 260 g/mol. The van der Waals surface area contributed by atoms with Gasteiger partial charge in [-0.25, -0.2) is 5.43 Å². The molecule has 0 aliphatic heterocycles. The van der Waals surface area contributed by atoms with Crippen molar-refractivity contribution < 1.29 is 15.0 Å². The highest BCUT2D eigenvalue weighted by molar-refractivity contribution is 5.93. The third-order valence-electron chi connectivity index (χ3n) is 2.32. The molecule has 2 aromatic rings. The number of amides is 1. The number of nitrogens with zero attached hydrogens (tertiary/aromatic N) is 2. The van der Waals surface area contributed by atoms with Crippen LogP contribution in [-0.2, 0) is 0 Å². The Morgan fingerprint density at radius 1 is 1.42 bits per heavy atom. The van der Waals surface area contributed by atoms with E-state index < -0.39 is 5.91 Å². The van der Waals surface area contributed by atoms with Gasteiger partial charge in [0.2, 0.25) is 0 Å². The first-order chi connectivity index (χ1) is 9.06. The summed E-state index contributed by atoms with van der Waals surface area (Å²) in [4.78, 5) is 11.6. The van der Waals surface area contributed by atoms with Gasteiger partial charge in [-0.1, -0.05) is 0 Å². The molecule has 0 saturated heterocycles. The van der Waals surface area contributed by atoms with Gasteiger partial charge in [0.1, 0.15) is 11.5 Å². The van der Waals surface area contributed by atoms with Crippen LogP contribution in [0.4, 0.5) is 0 Å². The standard InChI is InChI=1S/C12H12N4O3/c1-7-4-10(15-14-7)12(19)16-13-6-8-2-3-9(17)5-11(8)18/h2-6,17-18H,1H3,(H,14,15)(H,16,19)/b13-6-. The summed E-state index contributed by atoms with van der Waals surface area (Å²) in [5, 5.41) is 28.7. The molecule has 2 rings (SSSR count). The summed E-state index contributed by atoms with van der Waals surface area (Å²) >= 11 is 0. The number of H-pyrrole nitrogens is 1. The van der Waals surface area contributed by atoms with Crippen LogP contribution in [0.5, 0.6) is 11.5 Å². The number of aromatic nitrogens is 2. The number of aromatic hydroxyl groups is 2. The second kappa shape index (κ2) is 5.21. The first-order valence-electron chi connectivity index (χ1n) is 5.43. The van der Waals surface area contributed by atoms with Crippen LogP contribution < -0.4 is 5.43 Å². The molecule has 0 bridgehead atoms. The van der Waals surface area contributed by atoms with Crippen molar-refractivity contribution in [3.05, 3.63) is 41.2 Å². The summed E-state index contributed by atoms with van der Waals surface area (Å²) in [6.07, 6.45) is 1.27. The minimum Gasteiger partial charge on any atom is -0.508 e. The Morgan fingerprint density at radius 2 is 2.21 bits per heavy atom. The van der Waals surface area contributed by atoms with Crippen LogP contribution in [0.25, 0.3) is 0 Å². The molecule has 0 unspecified atom stereocenters. The number of aromatic amines is 1. The van der Waals surface area contributed by atoms with Gasteiger partial charge in [-0.3, -0.25) is 9.89 Å². The normalized spacial score (nSPS) is 10.8. The summed E-state index contributed by atoms with van der Waals surface area (Å²) in [5.74, 6) is -0.641. The molecule has 0 fully saturated rings. The molecule has 0 aliphatic carbocycles. The molecule has 4 N–H and O–H groups in total. The number of benzene rings is 1. The van der Waals surface area contributed by atoms with Crippen molar-refractivity contribution in [1.29, 1.82) is 0 Å². The van der Waals surface area contributed by atoms with E-state index in [1.54, 1.807) is 13.0 Å². The zero-order valence-electron chi connectivity index (χ0n) is 10.1. The third kappa shape index (κ3) is 3.09. The maximum absolute atomic E-state index is 11.6. The quantitative estimate of drug-likeness (QED) is 0.485. The van der Waals surface area contributed by atoms with E-state index in [1.165, 1.54) is 24.4 Å². The molecular formula is C12H12N4O3.